The number of nitrogens with one attached hydrogen (secondary N) is 1. The van der Waals surface area contributed by atoms with Gasteiger partial charge < -0.3 is 0 Å². The molecule has 0 unspecified atom stereocenters. The Labute approximate surface area is 81.2 Å². The van der Waals surface area contributed by atoms with Crippen molar-refractivity contribution in [3.05, 3.63) is 17.0 Å². The van der Waals surface area contributed by atoms with Crippen LogP contribution in [0.2, 0.25) is 0 Å². The van der Waals surface area contributed by atoms with Gasteiger partial charge in [0.1, 0.15) is 0 Å². The Morgan fingerprint density at radius 3 is 3.00 bits per heavy atom. The second-order valence-electron chi connectivity index (χ2n) is 3.10. The fraction of sp³-hybridized carbons (Fsp3) is 0.571. The maximum atomic E-state index is 11.3. The molecule has 0 bridgehead atoms. The van der Waals surface area contributed by atoms with Crippen LogP contribution in [0.5, 0.6) is 0 Å². The molecular weight excluding hydrogens is 212 g/mol. The summed E-state index contributed by atoms with van der Waals surface area (Å²) in [4.78, 5) is 0. The topological polar surface area (TPSA) is 62.8 Å². The van der Waals surface area contributed by atoms with Gasteiger partial charge in [0.15, 0.2) is 9.84 Å². The number of hydrogen-bond acceptors (Lipinski definition) is 3. The second kappa shape index (κ2) is 2.99. The lowest BCUT2D eigenvalue weighted by Crippen LogP contribution is -2.18. The number of hydrogen-bond donors (Lipinski definition) is 1. The largest absolute Gasteiger partial charge is 0.282 e. The van der Waals surface area contributed by atoms with Crippen LogP contribution in [0.1, 0.15) is 17.0 Å². The first kappa shape index (κ1) is 9.02. The van der Waals surface area contributed by atoms with Gasteiger partial charge in [-0.1, -0.05) is 0 Å². The van der Waals surface area contributed by atoms with Crippen LogP contribution in [-0.2, 0) is 27.9 Å². The standard InChI is InChI=1S/C7H9ClN2O2S/c8-3-7-5-4-13(11,12)2-1-6(5)9-10-7/h1-4H2,(H,9,10). The number of halogens is 1. The third kappa shape index (κ3) is 1.58. The molecule has 0 atom stereocenters. The Balaban J connectivity index is 2.47. The molecule has 1 aliphatic heterocycles. The zero-order valence-electron chi connectivity index (χ0n) is 6.88. The smallest absolute Gasteiger partial charge is 0.154 e. The highest BCUT2D eigenvalue weighted by molar-refractivity contribution is 7.90. The number of aromatic amines is 1. The summed E-state index contributed by atoms with van der Waals surface area (Å²) in [5, 5.41) is 6.78. The van der Waals surface area contributed by atoms with Gasteiger partial charge in [-0.25, -0.2) is 8.42 Å². The predicted molar refractivity (Wildman–Crippen MR) is 49.3 cm³/mol. The van der Waals surface area contributed by atoms with E-state index in [1.165, 1.54) is 0 Å². The van der Waals surface area contributed by atoms with Crippen molar-refractivity contribution >= 4 is 21.4 Å². The molecule has 0 saturated heterocycles. The summed E-state index contributed by atoms with van der Waals surface area (Å²) in [5.41, 5.74) is 2.37. The monoisotopic (exact) mass is 220 g/mol. The molecule has 0 amide bonds. The molecule has 0 spiro atoms. The molecule has 1 aromatic heterocycles. The molecule has 0 radical (unpaired) electrons. The van der Waals surface area contributed by atoms with Crippen LogP contribution in [0.4, 0.5) is 0 Å². The SMILES string of the molecule is O=S1(=O)CCc2[nH]nc(CCl)c2C1. The van der Waals surface area contributed by atoms with Crippen LogP contribution in [0.25, 0.3) is 0 Å². The molecule has 72 valence electrons. The molecule has 0 aromatic carbocycles. The number of H-pyrrole nitrogens is 1. The van der Waals surface area contributed by atoms with E-state index in [-0.39, 0.29) is 17.4 Å². The van der Waals surface area contributed by atoms with Gasteiger partial charge in [-0.2, -0.15) is 5.10 Å². The van der Waals surface area contributed by atoms with Crippen molar-refractivity contribution < 1.29 is 8.42 Å². The second-order valence-corrected chi connectivity index (χ2v) is 5.55. The van der Waals surface area contributed by atoms with Crippen LogP contribution >= 0.6 is 11.6 Å². The van der Waals surface area contributed by atoms with Crippen molar-refractivity contribution in [2.45, 2.75) is 18.1 Å². The fourth-order valence-electron chi connectivity index (χ4n) is 1.48. The van der Waals surface area contributed by atoms with Gasteiger partial charge in [0.25, 0.3) is 0 Å². The maximum Gasteiger partial charge on any atom is 0.154 e. The number of alkyl halides is 1. The lowest BCUT2D eigenvalue weighted by Gasteiger charge is -2.11. The average Bonchev–Trinajstić information content (AvgIpc) is 2.44. The van der Waals surface area contributed by atoms with Gasteiger partial charge in [-0.05, 0) is 0 Å². The third-order valence-electron chi connectivity index (χ3n) is 2.19. The van der Waals surface area contributed by atoms with Crippen molar-refractivity contribution in [3.8, 4) is 0 Å². The van der Waals surface area contributed by atoms with Crippen molar-refractivity contribution in [1.82, 2.24) is 10.2 Å². The Bertz CT molecular complexity index is 410. The minimum absolute atomic E-state index is 0.0842. The molecule has 0 fully saturated rings. The number of nitrogens with zero attached hydrogens (tertiary/aromatic N) is 1. The quantitative estimate of drug-likeness (QED) is 0.706. The van der Waals surface area contributed by atoms with Crippen LogP contribution < -0.4 is 0 Å². The van der Waals surface area contributed by atoms with Crippen LogP contribution in [0.3, 0.4) is 0 Å². The van der Waals surface area contributed by atoms with E-state index in [1.807, 2.05) is 0 Å². The molecule has 6 heteroatoms. The molecular formula is C7H9ClN2O2S. The van der Waals surface area contributed by atoms with E-state index >= 15 is 0 Å². The Kier molecular flexibility index (Phi) is 2.08. The molecule has 2 rings (SSSR count). The van der Waals surface area contributed by atoms with Crippen LogP contribution in [0.15, 0.2) is 0 Å². The first-order valence-corrected chi connectivity index (χ1v) is 6.29. The Morgan fingerprint density at radius 1 is 1.54 bits per heavy atom. The summed E-state index contributed by atoms with van der Waals surface area (Å²) in [6.45, 7) is 0. The molecule has 2 heterocycles. The molecule has 0 saturated carbocycles. The van der Waals surface area contributed by atoms with Crippen molar-refractivity contribution in [3.63, 3.8) is 0 Å². The van der Waals surface area contributed by atoms with E-state index in [2.05, 4.69) is 10.2 Å². The summed E-state index contributed by atoms with van der Waals surface area (Å²) in [6, 6.07) is 0. The zero-order chi connectivity index (χ0) is 9.47. The van der Waals surface area contributed by atoms with E-state index in [4.69, 9.17) is 11.6 Å². The van der Waals surface area contributed by atoms with Gasteiger partial charge in [0.05, 0.1) is 23.1 Å². The van der Waals surface area contributed by atoms with E-state index in [9.17, 15) is 8.42 Å². The van der Waals surface area contributed by atoms with Crippen LogP contribution in [-0.4, -0.2) is 24.4 Å². The highest BCUT2D eigenvalue weighted by Gasteiger charge is 2.25. The zero-order valence-corrected chi connectivity index (χ0v) is 8.45. The minimum Gasteiger partial charge on any atom is -0.282 e. The molecule has 4 nitrogen and oxygen atoms in total. The Hall–Kier alpha value is -0.550. The number of aromatic nitrogens is 2. The van der Waals surface area contributed by atoms with E-state index in [1.54, 1.807) is 0 Å². The van der Waals surface area contributed by atoms with Crippen molar-refractivity contribution in [2.24, 2.45) is 0 Å². The number of rotatable bonds is 1. The molecule has 13 heavy (non-hydrogen) atoms. The van der Waals surface area contributed by atoms with Gasteiger partial charge in [-0.15, -0.1) is 11.6 Å². The fourth-order valence-corrected chi connectivity index (χ4v) is 3.14. The molecule has 1 aliphatic rings. The van der Waals surface area contributed by atoms with Crippen LogP contribution in [0, 0.1) is 0 Å². The maximum absolute atomic E-state index is 11.3. The molecule has 0 aliphatic carbocycles. The summed E-state index contributed by atoms with van der Waals surface area (Å²) >= 11 is 5.62. The molecule has 1 N–H and O–H groups in total. The average molecular weight is 221 g/mol. The van der Waals surface area contributed by atoms with Gasteiger partial charge in [0, 0.05) is 17.7 Å². The Morgan fingerprint density at radius 2 is 2.31 bits per heavy atom. The molecule has 1 aromatic rings. The third-order valence-corrected chi connectivity index (χ3v) is 4.00. The lowest BCUT2D eigenvalue weighted by atomic mass is 10.2. The highest BCUT2D eigenvalue weighted by atomic mass is 35.5. The summed E-state index contributed by atoms with van der Waals surface area (Å²) in [7, 11) is -2.92. The van der Waals surface area contributed by atoms with Gasteiger partial charge in [-0.3, -0.25) is 5.10 Å². The predicted octanol–water partition coefficient (Wildman–Crippen LogP) is 0.619. The first-order chi connectivity index (χ1) is 6.12. The summed E-state index contributed by atoms with van der Waals surface area (Å²) in [6.07, 6.45) is 0.529. The highest BCUT2D eigenvalue weighted by Crippen LogP contribution is 2.22. The van der Waals surface area contributed by atoms with E-state index in [0.29, 0.717) is 12.1 Å². The van der Waals surface area contributed by atoms with Gasteiger partial charge in [0.2, 0.25) is 0 Å². The van der Waals surface area contributed by atoms with Gasteiger partial charge >= 0.3 is 0 Å². The van der Waals surface area contributed by atoms with E-state index < -0.39 is 9.84 Å². The lowest BCUT2D eigenvalue weighted by molar-refractivity contribution is 0.591. The number of sulfone groups is 1. The number of fused-ring (bicyclic) bond motifs is 1. The van der Waals surface area contributed by atoms with Crippen molar-refractivity contribution in [1.29, 1.82) is 0 Å². The first-order valence-electron chi connectivity index (χ1n) is 3.94. The number of aryl methyl sites for hydroxylation is 1. The van der Waals surface area contributed by atoms with Crippen molar-refractivity contribution in [2.75, 3.05) is 5.75 Å². The normalized spacial score (nSPS) is 19.8. The minimum atomic E-state index is -2.92. The summed E-state index contributed by atoms with van der Waals surface area (Å²) < 4.78 is 22.6. The van der Waals surface area contributed by atoms with E-state index in [0.717, 1.165) is 11.3 Å². The summed E-state index contributed by atoms with van der Waals surface area (Å²) in [5.74, 6) is 0.562.